The molecule has 0 radical (unpaired) electrons. The average Bonchev–Trinajstić information content (AvgIpc) is 2.48. The third-order valence-corrected chi connectivity index (χ3v) is 3.77. The summed E-state index contributed by atoms with van der Waals surface area (Å²) in [6.45, 7) is -0.330. The number of aliphatic hydroxyl groups is 2. The maximum Gasteiger partial charge on any atom is 0.154 e. The van der Waals surface area contributed by atoms with Crippen molar-refractivity contribution >= 4 is 29.0 Å². The Morgan fingerprint density at radius 3 is 2.48 bits per heavy atom. The van der Waals surface area contributed by atoms with E-state index in [-0.39, 0.29) is 31.4 Å². The van der Waals surface area contributed by atoms with Gasteiger partial charge in [0.05, 0.1) is 10.0 Å². The van der Waals surface area contributed by atoms with Crippen molar-refractivity contribution in [1.82, 2.24) is 15.2 Å². The summed E-state index contributed by atoms with van der Waals surface area (Å²) in [5.74, 6) is 0.174. The lowest BCUT2D eigenvalue weighted by atomic mass is 10.1. The van der Waals surface area contributed by atoms with Crippen molar-refractivity contribution in [3.63, 3.8) is 0 Å². The summed E-state index contributed by atoms with van der Waals surface area (Å²) in [7, 11) is 0. The van der Waals surface area contributed by atoms with Crippen molar-refractivity contribution < 1.29 is 10.2 Å². The van der Waals surface area contributed by atoms with Crippen LogP contribution in [0.15, 0.2) is 18.2 Å². The summed E-state index contributed by atoms with van der Waals surface area (Å²) in [4.78, 5) is 4.14. The molecule has 2 aromatic rings. The monoisotopic (exact) mass is 328 g/mol. The number of halogens is 2. The fraction of sp³-hybridized carbons (Fsp3) is 0.308. The molecule has 21 heavy (non-hydrogen) atoms. The second-order valence-corrected chi connectivity index (χ2v) is 5.28. The van der Waals surface area contributed by atoms with E-state index in [2.05, 4.69) is 15.2 Å². The van der Waals surface area contributed by atoms with Gasteiger partial charge in [-0.15, -0.1) is 10.2 Å². The zero-order valence-electron chi connectivity index (χ0n) is 11.0. The highest BCUT2D eigenvalue weighted by Crippen LogP contribution is 2.34. The summed E-state index contributed by atoms with van der Waals surface area (Å²) >= 11 is 12.1. The van der Waals surface area contributed by atoms with Crippen LogP contribution in [0.5, 0.6) is 0 Å². The molecule has 112 valence electrons. The van der Waals surface area contributed by atoms with Gasteiger partial charge in [-0.1, -0.05) is 35.3 Å². The Morgan fingerprint density at radius 2 is 1.86 bits per heavy atom. The second-order valence-electron chi connectivity index (χ2n) is 4.50. The highest BCUT2D eigenvalue weighted by Gasteiger charge is 2.15. The molecule has 1 aromatic carbocycles. The van der Waals surface area contributed by atoms with Crippen LogP contribution in [0.1, 0.15) is 5.82 Å². The number of rotatable bonds is 5. The highest BCUT2D eigenvalue weighted by atomic mass is 35.5. The zero-order valence-corrected chi connectivity index (χ0v) is 12.5. The molecule has 0 saturated carbocycles. The van der Waals surface area contributed by atoms with Crippen molar-refractivity contribution in [2.24, 2.45) is 5.92 Å². The summed E-state index contributed by atoms with van der Waals surface area (Å²) in [6, 6.07) is 5.11. The molecule has 1 aromatic heterocycles. The van der Waals surface area contributed by atoms with Crippen LogP contribution in [-0.4, -0.2) is 38.6 Å². The van der Waals surface area contributed by atoms with Crippen LogP contribution in [0.3, 0.4) is 0 Å². The first-order valence-corrected chi connectivity index (χ1v) is 6.97. The molecule has 0 bridgehead atoms. The molecule has 0 spiro atoms. The fourth-order valence-electron chi connectivity index (χ4n) is 1.78. The number of aromatic nitrogens is 3. The normalized spacial score (nSPS) is 11.1. The smallest absolute Gasteiger partial charge is 0.154 e. The zero-order chi connectivity index (χ0) is 15.4. The first-order chi connectivity index (χ1) is 10.1. The molecule has 6 nitrogen and oxygen atoms in total. The van der Waals surface area contributed by atoms with E-state index < -0.39 is 0 Å². The lowest BCUT2D eigenvalue weighted by Gasteiger charge is -2.11. The number of nitrogens with zero attached hydrogens (tertiary/aromatic N) is 3. The molecular weight excluding hydrogens is 315 g/mol. The van der Waals surface area contributed by atoms with Gasteiger partial charge in [-0.05, 0) is 6.07 Å². The maximum absolute atomic E-state index is 9.06. The van der Waals surface area contributed by atoms with Gasteiger partial charge in [-0.25, -0.2) is 4.98 Å². The Labute approximate surface area is 131 Å². The molecule has 0 aliphatic heterocycles. The quantitative estimate of drug-likeness (QED) is 0.769. The van der Waals surface area contributed by atoms with E-state index in [1.807, 2.05) is 0 Å². The Kier molecular flexibility index (Phi) is 5.30. The minimum Gasteiger partial charge on any atom is -0.396 e. The van der Waals surface area contributed by atoms with Gasteiger partial charge in [-0.3, -0.25) is 0 Å². The van der Waals surface area contributed by atoms with Crippen LogP contribution < -0.4 is 5.73 Å². The van der Waals surface area contributed by atoms with Crippen molar-refractivity contribution in [1.29, 1.82) is 0 Å². The fourth-order valence-corrected chi connectivity index (χ4v) is 2.17. The summed E-state index contributed by atoms with van der Waals surface area (Å²) in [5.41, 5.74) is 6.78. The minimum atomic E-state index is -0.341. The molecule has 4 N–H and O–H groups in total. The third kappa shape index (κ3) is 3.59. The van der Waals surface area contributed by atoms with Gasteiger partial charge in [0.25, 0.3) is 0 Å². The average molecular weight is 329 g/mol. The molecule has 0 atom stereocenters. The molecule has 0 aliphatic carbocycles. The van der Waals surface area contributed by atoms with E-state index >= 15 is 0 Å². The van der Waals surface area contributed by atoms with E-state index in [1.54, 1.807) is 18.2 Å². The summed E-state index contributed by atoms with van der Waals surface area (Å²) in [5, 5.41) is 26.8. The van der Waals surface area contributed by atoms with Gasteiger partial charge in [0.15, 0.2) is 11.6 Å². The van der Waals surface area contributed by atoms with Crippen molar-refractivity contribution in [3.8, 4) is 11.3 Å². The van der Waals surface area contributed by atoms with Gasteiger partial charge in [0, 0.05) is 31.1 Å². The van der Waals surface area contributed by atoms with Crippen LogP contribution in [-0.2, 0) is 6.42 Å². The second kappa shape index (κ2) is 7.00. The van der Waals surface area contributed by atoms with Crippen LogP contribution >= 0.6 is 23.2 Å². The maximum atomic E-state index is 9.06. The highest BCUT2D eigenvalue weighted by molar-refractivity contribution is 6.43. The minimum absolute atomic E-state index is 0.165. The SMILES string of the molecule is Nc1nc(CC(CO)CO)nnc1-c1cccc(Cl)c1Cl. The molecule has 0 unspecified atom stereocenters. The topological polar surface area (TPSA) is 105 Å². The van der Waals surface area contributed by atoms with Gasteiger partial charge >= 0.3 is 0 Å². The van der Waals surface area contributed by atoms with E-state index in [0.29, 0.717) is 27.1 Å². The predicted octanol–water partition coefficient (Wildman–Crippen LogP) is 1.57. The first kappa shape index (κ1) is 15.9. The largest absolute Gasteiger partial charge is 0.396 e. The number of aliphatic hydroxyl groups excluding tert-OH is 2. The number of hydrogen-bond donors (Lipinski definition) is 3. The third-order valence-electron chi connectivity index (χ3n) is 2.95. The van der Waals surface area contributed by atoms with Crippen LogP contribution in [0.25, 0.3) is 11.3 Å². The lowest BCUT2D eigenvalue weighted by Crippen LogP contribution is -2.17. The molecule has 2 rings (SSSR count). The van der Waals surface area contributed by atoms with Gasteiger partial charge in [0.2, 0.25) is 0 Å². The standard InChI is InChI=1S/C13H14Cl2N4O2/c14-9-3-1-2-8(11(9)15)12-13(16)17-10(18-19-12)4-7(5-20)6-21/h1-3,7,20-21H,4-6H2,(H2,16,17,18). The Hall–Kier alpha value is -1.47. The molecule has 8 heteroatoms. The molecule has 0 amide bonds. The number of benzene rings is 1. The Bertz CT molecular complexity index is 636. The molecule has 0 aliphatic rings. The van der Waals surface area contributed by atoms with Crippen molar-refractivity contribution in [2.45, 2.75) is 6.42 Å². The number of hydrogen-bond acceptors (Lipinski definition) is 6. The van der Waals surface area contributed by atoms with Crippen LogP contribution in [0, 0.1) is 5.92 Å². The Balaban J connectivity index is 2.33. The summed E-state index contributed by atoms with van der Waals surface area (Å²) in [6.07, 6.45) is 0.285. The predicted molar refractivity (Wildman–Crippen MR) is 81.1 cm³/mol. The number of nitrogens with two attached hydrogens (primary N) is 1. The van der Waals surface area contributed by atoms with Crippen molar-refractivity contribution in [3.05, 3.63) is 34.1 Å². The van der Waals surface area contributed by atoms with Gasteiger partial charge in [-0.2, -0.15) is 0 Å². The summed E-state index contributed by atoms with van der Waals surface area (Å²) < 4.78 is 0. The van der Waals surface area contributed by atoms with Crippen LogP contribution in [0.2, 0.25) is 10.0 Å². The van der Waals surface area contributed by atoms with E-state index in [4.69, 9.17) is 39.1 Å². The van der Waals surface area contributed by atoms with Crippen LogP contribution in [0.4, 0.5) is 5.82 Å². The molecule has 0 saturated heterocycles. The molecule has 1 heterocycles. The molecular formula is C13H14Cl2N4O2. The van der Waals surface area contributed by atoms with E-state index in [9.17, 15) is 0 Å². The first-order valence-electron chi connectivity index (χ1n) is 6.22. The number of nitrogen functional groups attached to an aromatic ring is 1. The lowest BCUT2D eigenvalue weighted by molar-refractivity contribution is 0.148. The number of anilines is 1. The molecule has 0 fully saturated rings. The van der Waals surface area contributed by atoms with E-state index in [1.165, 1.54) is 0 Å². The van der Waals surface area contributed by atoms with Gasteiger partial charge < -0.3 is 15.9 Å². The van der Waals surface area contributed by atoms with Gasteiger partial charge in [0.1, 0.15) is 5.69 Å². The Morgan fingerprint density at radius 1 is 1.14 bits per heavy atom. The van der Waals surface area contributed by atoms with E-state index in [0.717, 1.165) is 0 Å². The van der Waals surface area contributed by atoms with Crippen molar-refractivity contribution in [2.75, 3.05) is 18.9 Å².